The number of hydrogen-bond donors (Lipinski definition) is 3. The first-order valence-corrected chi connectivity index (χ1v) is 9.80. The summed E-state index contributed by atoms with van der Waals surface area (Å²) >= 11 is 8.13. The maximum Gasteiger partial charge on any atom is 0.263 e. The molecule has 0 radical (unpaired) electrons. The normalized spacial score (nSPS) is 13.3. The molecule has 2 aromatic rings. The SMILES string of the molecule is COc1ccc(NC(=O)COc2ccc(Br)cc2C=C2C(=O)NC(=S)NC2=O)cc1. The van der Waals surface area contributed by atoms with Crippen LogP contribution in [-0.4, -0.2) is 36.6 Å². The van der Waals surface area contributed by atoms with Crippen LogP contribution in [0.25, 0.3) is 6.08 Å². The number of carbonyl (C=O) groups is 3. The van der Waals surface area contributed by atoms with E-state index in [-0.39, 0.29) is 23.2 Å². The number of amides is 3. The molecule has 2 aromatic carbocycles. The topological polar surface area (TPSA) is 106 Å². The molecule has 154 valence electrons. The lowest BCUT2D eigenvalue weighted by Gasteiger charge is -2.17. The molecule has 3 amide bonds. The Labute approximate surface area is 185 Å². The zero-order chi connectivity index (χ0) is 21.7. The van der Waals surface area contributed by atoms with E-state index < -0.39 is 11.8 Å². The predicted octanol–water partition coefficient (Wildman–Crippen LogP) is 2.39. The van der Waals surface area contributed by atoms with E-state index in [0.29, 0.717) is 27.2 Å². The monoisotopic (exact) mass is 489 g/mol. The summed E-state index contributed by atoms with van der Waals surface area (Å²) in [6.45, 7) is -0.272. The minimum Gasteiger partial charge on any atom is -0.497 e. The Kier molecular flexibility index (Phi) is 6.80. The minimum atomic E-state index is -0.619. The van der Waals surface area contributed by atoms with Crippen molar-refractivity contribution < 1.29 is 23.9 Å². The third-order valence-corrected chi connectivity index (χ3v) is 4.64. The lowest BCUT2D eigenvalue weighted by molar-refractivity contribution is -0.123. The Bertz CT molecular complexity index is 1030. The fourth-order valence-corrected chi connectivity index (χ4v) is 3.10. The summed E-state index contributed by atoms with van der Waals surface area (Å²) in [6.07, 6.45) is 1.37. The van der Waals surface area contributed by atoms with Crippen LogP contribution in [0.5, 0.6) is 11.5 Å². The predicted molar refractivity (Wildman–Crippen MR) is 118 cm³/mol. The highest BCUT2D eigenvalue weighted by Crippen LogP contribution is 2.26. The molecule has 1 aliphatic rings. The highest BCUT2D eigenvalue weighted by atomic mass is 79.9. The molecular formula is C20H16BrN3O5S. The number of nitrogens with one attached hydrogen (secondary N) is 3. The van der Waals surface area contributed by atoms with Crippen molar-refractivity contribution in [1.82, 2.24) is 10.6 Å². The van der Waals surface area contributed by atoms with Crippen molar-refractivity contribution in [3.05, 3.63) is 58.1 Å². The molecule has 0 unspecified atom stereocenters. The number of hydrogen-bond acceptors (Lipinski definition) is 6. The molecule has 0 aromatic heterocycles. The highest BCUT2D eigenvalue weighted by molar-refractivity contribution is 9.10. The van der Waals surface area contributed by atoms with Crippen LogP contribution in [-0.2, 0) is 14.4 Å². The Morgan fingerprint density at radius 2 is 1.80 bits per heavy atom. The quantitative estimate of drug-likeness (QED) is 0.326. The zero-order valence-electron chi connectivity index (χ0n) is 15.7. The van der Waals surface area contributed by atoms with E-state index in [2.05, 4.69) is 31.9 Å². The number of methoxy groups -OCH3 is 1. The van der Waals surface area contributed by atoms with Gasteiger partial charge in [0, 0.05) is 15.7 Å². The Morgan fingerprint density at radius 3 is 2.43 bits per heavy atom. The molecule has 0 saturated carbocycles. The van der Waals surface area contributed by atoms with Crippen molar-refractivity contribution in [2.45, 2.75) is 0 Å². The number of thiocarbonyl (C=S) groups is 1. The number of benzene rings is 2. The lowest BCUT2D eigenvalue weighted by Crippen LogP contribution is -2.51. The van der Waals surface area contributed by atoms with Gasteiger partial charge in [-0.05, 0) is 60.8 Å². The highest BCUT2D eigenvalue weighted by Gasteiger charge is 2.26. The standard InChI is InChI=1S/C20H16BrN3O5S/c1-28-14-5-3-13(4-6-14)22-17(25)10-29-16-7-2-12(21)8-11(16)9-15-18(26)23-20(30)24-19(15)27/h2-9H,10H2,1H3,(H,22,25)(H2,23,24,26,27,30). The smallest absolute Gasteiger partial charge is 0.263 e. The average Bonchev–Trinajstić information content (AvgIpc) is 2.70. The maximum atomic E-state index is 12.2. The van der Waals surface area contributed by atoms with Crippen molar-refractivity contribution in [2.75, 3.05) is 19.0 Å². The molecule has 3 rings (SSSR count). The van der Waals surface area contributed by atoms with E-state index in [1.165, 1.54) is 6.08 Å². The van der Waals surface area contributed by atoms with E-state index in [9.17, 15) is 14.4 Å². The lowest BCUT2D eigenvalue weighted by atomic mass is 10.1. The number of carbonyl (C=O) groups excluding carboxylic acids is 3. The van der Waals surface area contributed by atoms with Gasteiger partial charge in [-0.1, -0.05) is 15.9 Å². The van der Waals surface area contributed by atoms with Gasteiger partial charge in [-0.25, -0.2) is 0 Å². The summed E-state index contributed by atoms with van der Waals surface area (Å²) in [7, 11) is 1.56. The van der Waals surface area contributed by atoms with Crippen LogP contribution in [0.4, 0.5) is 5.69 Å². The average molecular weight is 490 g/mol. The van der Waals surface area contributed by atoms with Crippen LogP contribution in [0.2, 0.25) is 0 Å². The molecule has 3 N–H and O–H groups in total. The van der Waals surface area contributed by atoms with E-state index in [1.807, 2.05) is 0 Å². The molecule has 10 heteroatoms. The number of anilines is 1. The van der Waals surface area contributed by atoms with E-state index >= 15 is 0 Å². The summed E-state index contributed by atoms with van der Waals surface area (Å²) in [5, 5.41) is 7.39. The third kappa shape index (κ3) is 5.43. The first-order chi connectivity index (χ1) is 14.4. The summed E-state index contributed by atoms with van der Waals surface area (Å²) < 4.78 is 11.4. The molecule has 8 nitrogen and oxygen atoms in total. The van der Waals surface area contributed by atoms with Gasteiger partial charge in [0.1, 0.15) is 17.1 Å². The Morgan fingerprint density at radius 1 is 1.13 bits per heavy atom. The number of ether oxygens (including phenoxy) is 2. The van der Waals surface area contributed by atoms with Crippen molar-refractivity contribution in [3.63, 3.8) is 0 Å². The van der Waals surface area contributed by atoms with Crippen molar-refractivity contribution in [1.29, 1.82) is 0 Å². The Hall–Kier alpha value is -3.24. The van der Waals surface area contributed by atoms with Crippen LogP contribution in [0.1, 0.15) is 5.56 Å². The first-order valence-electron chi connectivity index (χ1n) is 8.60. The van der Waals surface area contributed by atoms with Crippen molar-refractivity contribution in [3.8, 4) is 11.5 Å². The maximum absolute atomic E-state index is 12.2. The minimum absolute atomic E-state index is 0.0527. The summed E-state index contributed by atoms with van der Waals surface area (Å²) in [4.78, 5) is 36.4. The molecule has 0 atom stereocenters. The van der Waals surface area contributed by atoms with Gasteiger partial charge in [-0.15, -0.1) is 0 Å². The number of rotatable bonds is 6. The second-order valence-corrected chi connectivity index (χ2v) is 7.37. The van der Waals surface area contributed by atoms with E-state index in [4.69, 9.17) is 21.7 Å². The van der Waals surface area contributed by atoms with Crippen molar-refractivity contribution >= 4 is 62.7 Å². The van der Waals surface area contributed by atoms with E-state index in [1.54, 1.807) is 49.6 Å². The van der Waals surface area contributed by atoms with Gasteiger partial charge >= 0.3 is 0 Å². The molecule has 30 heavy (non-hydrogen) atoms. The first kappa shape index (κ1) is 21.5. The molecule has 1 saturated heterocycles. The summed E-state index contributed by atoms with van der Waals surface area (Å²) in [5.41, 5.74) is 0.901. The molecule has 1 aliphatic heterocycles. The second-order valence-electron chi connectivity index (χ2n) is 6.04. The van der Waals surface area contributed by atoms with Crippen LogP contribution in [0, 0.1) is 0 Å². The van der Waals surface area contributed by atoms with Crippen LogP contribution < -0.4 is 25.4 Å². The van der Waals surface area contributed by atoms with Gasteiger partial charge in [0.15, 0.2) is 11.7 Å². The van der Waals surface area contributed by atoms with Gasteiger partial charge in [0.25, 0.3) is 17.7 Å². The largest absolute Gasteiger partial charge is 0.497 e. The van der Waals surface area contributed by atoms with Crippen LogP contribution >= 0.6 is 28.1 Å². The molecule has 1 heterocycles. The fraction of sp³-hybridized carbons (Fsp3) is 0.100. The van der Waals surface area contributed by atoms with Crippen molar-refractivity contribution in [2.24, 2.45) is 0 Å². The summed E-state index contributed by atoms with van der Waals surface area (Å²) in [6, 6.07) is 11.9. The number of halogens is 1. The van der Waals surface area contributed by atoms with Crippen LogP contribution in [0.3, 0.4) is 0 Å². The Balaban J connectivity index is 1.72. The molecule has 0 spiro atoms. The third-order valence-electron chi connectivity index (χ3n) is 3.95. The fourth-order valence-electron chi connectivity index (χ4n) is 2.54. The molecule has 0 bridgehead atoms. The summed E-state index contributed by atoms with van der Waals surface area (Å²) in [5.74, 6) is -0.614. The molecular weight excluding hydrogens is 474 g/mol. The molecule has 1 fully saturated rings. The van der Waals surface area contributed by atoms with Crippen LogP contribution in [0.15, 0.2) is 52.5 Å². The zero-order valence-corrected chi connectivity index (χ0v) is 18.1. The van der Waals surface area contributed by atoms with Gasteiger partial charge in [0.2, 0.25) is 0 Å². The van der Waals surface area contributed by atoms with Gasteiger partial charge in [-0.3, -0.25) is 25.0 Å². The van der Waals surface area contributed by atoms with Gasteiger partial charge < -0.3 is 14.8 Å². The second kappa shape index (κ2) is 9.51. The van der Waals surface area contributed by atoms with E-state index in [0.717, 1.165) is 0 Å². The van der Waals surface area contributed by atoms with Gasteiger partial charge in [-0.2, -0.15) is 0 Å². The molecule has 0 aliphatic carbocycles. The van der Waals surface area contributed by atoms with Gasteiger partial charge in [0.05, 0.1) is 7.11 Å².